The third-order valence-corrected chi connectivity index (χ3v) is 7.41. The molecule has 0 fully saturated rings. The number of fused-ring (bicyclic) bond motifs is 1. The highest BCUT2D eigenvalue weighted by molar-refractivity contribution is 5.97. The van der Waals surface area contributed by atoms with Gasteiger partial charge in [0.05, 0.1) is 31.0 Å². The van der Waals surface area contributed by atoms with Gasteiger partial charge < -0.3 is 40.2 Å². The normalized spacial score (nSPS) is 16.8. The van der Waals surface area contributed by atoms with E-state index in [9.17, 15) is 24.3 Å². The summed E-state index contributed by atoms with van der Waals surface area (Å²) in [5.41, 5.74) is -0.910. The van der Waals surface area contributed by atoms with Crippen LogP contribution in [0.4, 0.5) is 10.5 Å². The van der Waals surface area contributed by atoms with Crippen molar-refractivity contribution in [3.63, 3.8) is 0 Å². The van der Waals surface area contributed by atoms with Crippen molar-refractivity contribution in [3.8, 4) is 5.75 Å². The number of para-hydroxylation sites is 2. The number of ether oxygens (including phenoxy) is 3. The Hall–Kier alpha value is -3.38. The fourth-order valence-corrected chi connectivity index (χ4v) is 5.11. The number of carbonyl (C=O) groups is 4. The van der Waals surface area contributed by atoms with Crippen LogP contribution in [0.2, 0.25) is 0 Å². The molecule has 0 aliphatic carbocycles. The van der Waals surface area contributed by atoms with Crippen molar-refractivity contribution in [2.24, 2.45) is 11.3 Å². The standard InChI is InChI=1S/C33H54N4O8/c1-9-10-15-34-29(40)22(2)18-25(38)23(36-31(42)45-32(3,4)5)19-33(6,7)20-28(39)37-21-27(30(41)35-16-17-43-8)44-26-14-12-11-13-24(26)37/h11-14,22-23,25,27,38H,9-10,15-21H2,1-8H3,(H,34,40)(H,35,41)(H,36,42)/t22-,23+,25+,27?/m1/s1. The van der Waals surface area contributed by atoms with Crippen LogP contribution < -0.4 is 25.6 Å². The molecule has 0 saturated heterocycles. The molecule has 1 aliphatic heterocycles. The third-order valence-electron chi connectivity index (χ3n) is 7.41. The van der Waals surface area contributed by atoms with Gasteiger partial charge in [-0.1, -0.05) is 46.2 Å². The van der Waals surface area contributed by atoms with Gasteiger partial charge in [0.2, 0.25) is 11.8 Å². The van der Waals surface area contributed by atoms with Crippen molar-refractivity contribution in [1.29, 1.82) is 0 Å². The molecule has 4 N–H and O–H groups in total. The van der Waals surface area contributed by atoms with E-state index in [2.05, 4.69) is 16.0 Å². The number of nitrogens with zero attached hydrogens (tertiary/aromatic N) is 1. The second-order valence-electron chi connectivity index (χ2n) is 13.5. The molecule has 12 nitrogen and oxygen atoms in total. The fourth-order valence-electron chi connectivity index (χ4n) is 5.11. The molecule has 1 unspecified atom stereocenters. The van der Waals surface area contributed by atoms with E-state index in [1.165, 1.54) is 0 Å². The van der Waals surface area contributed by atoms with Gasteiger partial charge in [-0.25, -0.2) is 4.79 Å². The largest absolute Gasteiger partial charge is 0.477 e. The Morgan fingerprint density at radius 3 is 2.42 bits per heavy atom. The molecule has 0 radical (unpaired) electrons. The van der Waals surface area contributed by atoms with E-state index in [-0.39, 0.29) is 43.5 Å². The Labute approximate surface area is 267 Å². The molecule has 0 bridgehead atoms. The van der Waals surface area contributed by atoms with Crippen LogP contribution in [0, 0.1) is 11.3 Å². The van der Waals surface area contributed by atoms with Crippen molar-refractivity contribution in [2.45, 2.75) is 104 Å². The lowest BCUT2D eigenvalue weighted by Crippen LogP contribution is -2.52. The maximum Gasteiger partial charge on any atom is 0.407 e. The molecule has 254 valence electrons. The number of amides is 4. The number of hydrogen-bond acceptors (Lipinski definition) is 8. The number of rotatable bonds is 16. The minimum absolute atomic E-state index is 0.0254. The van der Waals surface area contributed by atoms with Gasteiger partial charge >= 0.3 is 6.09 Å². The number of methoxy groups -OCH3 is 1. The Kier molecular flexibility index (Phi) is 14.6. The van der Waals surface area contributed by atoms with Crippen molar-refractivity contribution in [2.75, 3.05) is 38.3 Å². The quantitative estimate of drug-likeness (QED) is 0.201. The predicted octanol–water partition coefficient (Wildman–Crippen LogP) is 3.55. The van der Waals surface area contributed by atoms with Crippen molar-refractivity contribution >= 4 is 29.5 Å². The molecule has 0 saturated carbocycles. The van der Waals surface area contributed by atoms with E-state index in [0.29, 0.717) is 31.1 Å². The molecule has 45 heavy (non-hydrogen) atoms. The first-order valence-corrected chi connectivity index (χ1v) is 15.8. The van der Waals surface area contributed by atoms with Gasteiger partial charge in [0.1, 0.15) is 11.4 Å². The third kappa shape index (κ3) is 12.9. The van der Waals surface area contributed by atoms with E-state index in [4.69, 9.17) is 14.2 Å². The molecule has 1 heterocycles. The summed E-state index contributed by atoms with van der Waals surface area (Å²) < 4.78 is 16.4. The number of alkyl carbamates (subject to hydrolysis) is 1. The molecule has 2 rings (SSSR count). The Balaban J connectivity index is 2.21. The van der Waals surface area contributed by atoms with Gasteiger partial charge in [0.25, 0.3) is 5.91 Å². The molecular formula is C33H54N4O8. The number of anilines is 1. The molecular weight excluding hydrogens is 580 g/mol. The minimum Gasteiger partial charge on any atom is -0.477 e. The predicted molar refractivity (Wildman–Crippen MR) is 172 cm³/mol. The highest BCUT2D eigenvalue weighted by Crippen LogP contribution is 2.36. The topological polar surface area (TPSA) is 156 Å². The summed E-state index contributed by atoms with van der Waals surface area (Å²) in [5.74, 6) is -0.829. The second-order valence-corrected chi connectivity index (χ2v) is 13.5. The van der Waals surface area contributed by atoms with Gasteiger partial charge in [0, 0.05) is 32.5 Å². The van der Waals surface area contributed by atoms with Gasteiger partial charge in [-0.15, -0.1) is 0 Å². The van der Waals surface area contributed by atoms with Crippen LogP contribution in [0.25, 0.3) is 0 Å². The summed E-state index contributed by atoms with van der Waals surface area (Å²) >= 11 is 0. The minimum atomic E-state index is -1.08. The molecule has 4 amide bonds. The first-order valence-electron chi connectivity index (χ1n) is 15.8. The lowest BCUT2D eigenvalue weighted by molar-refractivity contribution is -0.129. The van der Waals surface area contributed by atoms with Crippen LogP contribution in [0.3, 0.4) is 0 Å². The number of benzene rings is 1. The number of unbranched alkanes of at least 4 members (excludes halogenated alkanes) is 1. The Morgan fingerprint density at radius 1 is 1.09 bits per heavy atom. The van der Waals surface area contributed by atoms with Crippen molar-refractivity contribution in [1.82, 2.24) is 16.0 Å². The summed E-state index contributed by atoms with van der Waals surface area (Å²) in [7, 11) is 1.54. The highest BCUT2D eigenvalue weighted by Gasteiger charge is 2.38. The summed E-state index contributed by atoms with van der Waals surface area (Å²) in [6.07, 6.45) is -0.496. The van der Waals surface area contributed by atoms with E-state index < -0.39 is 41.3 Å². The van der Waals surface area contributed by atoms with E-state index in [1.807, 2.05) is 20.8 Å². The SMILES string of the molecule is CCCCNC(=O)[C@H](C)C[C@H](O)[C@H](CC(C)(C)CC(=O)N1CC(C(=O)NCCOC)Oc2ccccc21)NC(=O)OC(C)(C)C. The molecule has 1 aromatic rings. The lowest BCUT2D eigenvalue weighted by atomic mass is 9.79. The number of nitrogens with one attached hydrogen (secondary N) is 3. The molecule has 12 heteroatoms. The zero-order chi connectivity index (χ0) is 33.8. The lowest BCUT2D eigenvalue weighted by Gasteiger charge is -2.37. The van der Waals surface area contributed by atoms with Crippen LogP contribution >= 0.6 is 0 Å². The summed E-state index contributed by atoms with van der Waals surface area (Å²) in [5, 5.41) is 19.7. The second kappa shape index (κ2) is 17.4. The van der Waals surface area contributed by atoms with Gasteiger partial charge in [-0.2, -0.15) is 0 Å². The zero-order valence-corrected chi connectivity index (χ0v) is 28.2. The monoisotopic (exact) mass is 634 g/mol. The molecule has 0 aromatic heterocycles. The first-order chi connectivity index (χ1) is 21.1. The zero-order valence-electron chi connectivity index (χ0n) is 28.2. The van der Waals surface area contributed by atoms with Crippen molar-refractivity contribution in [3.05, 3.63) is 24.3 Å². The van der Waals surface area contributed by atoms with E-state index in [0.717, 1.165) is 12.8 Å². The smallest absolute Gasteiger partial charge is 0.407 e. The van der Waals surface area contributed by atoms with E-state index >= 15 is 0 Å². The molecule has 1 aromatic carbocycles. The Bertz CT molecular complexity index is 1140. The van der Waals surface area contributed by atoms with Gasteiger partial charge in [-0.3, -0.25) is 14.4 Å². The molecule has 0 spiro atoms. The van der Waals surface area contributed by atoms with Crippen molar-refractivity contribution < 1.29 is 38.5 Å². The van der Waals surface area contributed by atoms with Crippen LogP contribution in [0.1, 0.15) is 80.6 Å². The summed E-state index contributed by atoms with van der Waals surface area (Å²) in [6.45, 7) is 14.0. The van der Waals surface area contributed by atoms with Gasteiger partial charge in [-0.05, 0) is 57.6 Å². The maximum absolute atomic E-state index is 13.8. The average molecular weight is 635 g/mol. The average Bonchev–Trinajstić information content (AvgIpc) is 2.94. The summed E-state index contributed by atoms with van der Waals surface area (Å²) in [4.78, 5) is 53.6. The van der Waals surface area contributed by atoms with Gasteiger partial charge in [0.15, 0.2) is 6.10 Å². The molecule has 1 aliphatic rings. The number of aliphatic hydroxyl groups excluding tert-OH is 1. The first kappa shape index (κ1) is 37.8. The van der Waals surface area contributed by atoms with Crippen LogP contribution in [-0.2, 0) is 23.9 Å². The van der Waals surface area contributed by atoms with Crippen LogP contribution in [-0.4, -0.2) is 86.1 Å². The number of hydrogen-bond donors (Lipinski definition) is 4. The highest BCUT2D eigenvalue weighted by atomic mass is 16.6. The number of aliphatic hydroxyl groups is 1. The Morgan fingerprint density at radius 2 is 1.78 bits per heavy atom. The van der Waals surface area contributed by atoms with Crippen LogP contribution in [0.15, 0.2) is 24.3 Å². The van der Waals surface area contributed by atoms with E-state index in [1.54, 1.807) is 64.0 Å². The fraction of sp³-hybridized carbons (Fsp3) is 0.697. The number of carbonyl (C=O) groups excluding carboxylic acids is 4. The van der Waals surface area contributed by atoms with Crippen LogP contribution in [0.5, 0.6) is 5.75 Å². The maximum atomic E-state index is 13.8. The molecule has 4 atom stereocenters. The summed E-state index contributed by atoms with van der Waals surface area (Å²) in [6, 6.07) is 6.25.